The highest BCUT2D eigenvalue weighted by Gasteiger charge is 2.18. The summed E-state index contributed by atoms with van der Waals surface area (Å²) < 4.78 is 79.7. The highest BCUT2D eigenvalue weighted by Crippen LogP contribution is 2.40. The molecule has 1 aliphatic rings. The van der Waals surface area contributed by atoms with Gasteiger partial charge in [-0.05, 0) is 6.07 Å². The molecular formula is C14H24Cl2N2O3. The Morgan fingerprint density at radius 1 is 1.05 bits per heavy atom. The molecule has 1 aromatic rings. The molecule has 7 heteroatoms. The van der Waals surface area contributed by atoms with Gasteiger partial charge in [-0.25, -0.2) is 0 Å². The van der Waals surface area contributed by atoms with E-state index in [1.165, 1.54) is 33.5 Å². The van der Waals surface area contributed by atoms with Gasteiger partial charge in [0.15, 0.2) is 11.5 Å². The molecule has 0 aliphatic carbocycles. The van der Waals surface area contributed by atoms with Crippen LogP contribution in [-0.2, 0) is 6.54 Å². The predicted molar refractivity (Wildman–Crippen MR) is 88.7 cm³/mol. The summed E-state index contributed by atoms with van der Waals surface area (Å²) in [6.45, 7) is -11.9. The van der Waals surface area contributed by atoms with Gasteiger partial charge in [-0.3, -0.25) is 4.90 Å². The Morgan fingerprint density at radius 3 is 2.19 bits per heavy atom. The van der Waals surface area contributed by atoms with Gasteiger partial charge in [0.25, 0.3) is 0 Å². The lowest BCUT2D eigenvalue weighted by molar-refractivity contribution is 0.228. The summed E-state index contributed by atoms with van der Waals surface area (Å²) in [5, 5.41) is 1.80. The predicted octanol–water partition coefficient (Wildman–Crippen LogP) is 1.96. The van der Waals surface area contributed by atoms with Crippen LogP contribution in [0.5, 0.6) is 17.2 Å². The fourth-order valence-corrected chi connectivity index (χ4v) is 1.79. The normalized spacial score (nSPS) is 29.9. The number of nitrogens with zero attached hydrogens (tertiary/aromatic N) is 1. The Balaban J connectivity index is 0.00000392. The van der Waals surface area contributed by atoms with Crippen molar-refractivity contribution in [3.05, 3.63) is 17.7 Å². The molecule has 0 atom stereocenters. The Hall–Kier alpha value is -0.880. The van der Waals surface area contributed by atoms with E-state index in [-0.39, 0.29) is 41.9 Å². The summed E-state index contributed by atoms with van der Waals surface area (Å²) >= 11 is 0. The highest BCUT2D eigenvalue weighted by molar-refractivity contribution is 5.85. The van der Waals surface area contributed by atoms with Crippen molar-refractivity contribution in [3.8, 4) is 17.2 Å². The maximum atomic E-state index is 8.12. The van der Waals surface area contributed by atoms with Crippen LogP contribution in [0.15, 0.2) is 12.1 Å². The third kappa shape index (κ3) is 4.81. The molecule has 0 spiro atoms. The third-order valence-corrected chi connectivity index (χ3v) is 2.62. The molecule has 1 fully saturated rings. The molecule has 1 aliphatic heterocycles. The lowest BCUT2D eigenvalue weighted by Gasteiger charge is -2.28. The molecule has 0 aromatic heterocycles. The van der Waals surface area contributed by atoms with Crippen molar-refractivity contribution in [3.63, 3.8) is 0 Å². The minimum atomic E-state index is -2.87. The van der Waals surface area contributed by atoms with Crippen molar-refractivity contribution in [2.75, 3.05) is 47.3 Å². The summed E-state index contributed by atoms with van der Waals surface area (Å²) in [5.74, 6) is 0.706. The number of hydrogen-bond donors (Lipinski definition) is 1. The van der Waals surface area contributed by atoms with E-state index in [0.29, 0.717) is 10.6 Å². The number of halogens is 2. The van der Waals surface area contributed by atoms with Gasteiger partial charge >= 0.3 is 0 Å². The van der Waals surface area contributed by atoms with E-state index in [2.05, 4.69) is 0 Å². The first kappa shape index (κ1) is 10.0. The molecule has 0 unspecified atom stereocenters. The zero-order valence-electron chi connectivity index (χ0n) is 19.9. The first-order valence-corrected chi connectivity index (χ1v) is 5.61. The number of ether oxygens (including phenoxy) is 3. The molecule has 1 heterocycles. The van der Waals surface area contributed by atoms with Gasteiger partial charge in [-0.1, -0.05) is 6.07 Å². The molecule has 122 valence electrons. The van der Waals surface area contributed by atoms with E-state index in [1.54, 1.807) is 5.32 Å². The second-order valence-corrected chi connectivity index (χ2v) is 3.68. The minimum Gasteiger partial charge on any atom is -0.493 e. The van der Waals surface area contributed by atoms with Crippen molar-refractivity contribution < 1.29 is 25.2 Å². The summed E-state index contributed by atoms with van der Waals surface area (Å²) in [4.78, 5) is 0.500. The molecule has 0 radical (unpaired) electrons. The van der Waals surface area contributed by atoms with Crippen LogP contribution in [0.25, 0.3) is 0 Å². The lowest BCUT2D eigenvalue weighted by Crippen LogP contribution is -2.42. The maximum absolute atomic E-state index is 8.12. The van der Waals surface area contributed by atoms with Gasteiger partial charge in [0.1, 0.15) is 0 Å². The van der Waals surface area contributed by atoms with E-state index in [9.17, 15) is 0 Å². The van der Waals surface area contributed by atoms with E-state index in [1.807, 2.05) is 0 Å². The van der Waals surface area contributed by atoms with Crippen molar-refractivity contribution in [1.82, 2.24) is 10.2 Å². The SMILES string of the molecule is Cl.Cl.[2H]C1([2H])NC([2H])([2H])C([2H])([2H])N(Cc2ccc(OC)c(OC)c2OC)C1([2H])[2H]. The standard InChI is InChI=1S/C14H22N2O3.2ClH/c1-17-12-5-4-11(13(18-2)14(12)19-3)10-16-8-6-15-7-9-16;;/h4-5,15H,6-10H2,1-3H3;2*1H/i6D2,7D2,8D2,9D2;;. The Labute approximate surface area is 150 Å². The average Bonchev–Trinajstić information content (AvgIpc) is 2.55. The monoisotopic (exact) mass is 346 g/mol. The molecule has 1 aromatic carbocycles. The maximum Gasteiger partial charge on any atom is 0.203 e. The molecule has 0 bridgehead atoms. The van der Waals surface area contributed by atoms with E-state index >= 15 is 0 Å². The fourth-order valence-electron chi connectivity index (χ4n) is 1.79. The smallest absolute Gasteiger partial charge is 0.203 e. The Morgan fingerprint density at radius 2 is 1.67 bits per heavy atom. The molecule has 2 rings (SSSR count). The van der Waals surface area contributed by atoms with Gasteiger partial charge in [0.05, 0.1) is 21.3 Å². The van der Waals surface area contributed by atoms with Gasteiger partial charge in [0, 0.05) is 49.1 Å². The van der Waals surface area contributed by atoms with Crippen molar-refractivity contribution in [1.29, 1.82) is 0 Å². The minimum absolute atomic E-state index is 0. The number of benzene rings is 1. The van der Waals surface area contributed by atoms with Crippen molar-refractivity contribution >= 4 is 24.8 Å². The molecule has 1 N–H and O–H groups in total. The molecule has 5 nitrogen and oxygen atoms in total. The second kappa shape index (κ2) is 9.95. The zero-order chi connectivity index (χ0) is 20.8. The number of nitrogens with one attached hydrogen (secondary N) is 1. The van der Waals surface area contributed by atoms with Gasteiger partial charge in [-0.15, -0.1) is 24.8 Å². The van der Waals surface area contributed by atoms with Crippen LogP contribution in [0.2, 0.25) is 0 Å². The molecule has 0 amide bonds. The lowest BCUT2D eigenvalue weighted by atomic mass is 10.1. The van der Waals surface area contributed by atoms with Crippen LogP contribution in [0, 0.1) is 0 Å². The van der Waals surface area contributed by atoms with E-state index < -0.39 is 32.5 Å². The molecular weight excluding hydrogens is 315 g/mol. The molecule has 21 heavy (non-hydrogen) atoms. The number of rotatable bonds is 5. The average molecular weight is 347 g/mol. The van der Waals surface area contributed by atoms with Crippen molar-refractivity contribution in [2.24, 2.45) is 0 Å². The summed E-state index contributed by atoms with van der Waals surface area (Å²) in [6.07, 6.45) is 0. The second-order valence-electron chi connectivity index (χ2n) is 3.68. The van der Waals surface area contributed by atoms with Gasteiger partial charge in [-0.2, -0.15) is 0 Å². The number of methoxy groups -OCH3 is 3. The number of piperazine rings is 1. The van der Waals surface area contributed by atoms with Crippen LogP contribution in [0.4, 0.5) is 0 Å². The van der Waals surface area contributed by atoms with Crippen LogP contribution in [-0.4, -0.2) is 52.2 Å². The molecule has 1 saturated heterocycles. The van der Waals surface area contributed by atoms with Crippen LogP contribution < -0.4 is 19.5 Å². The third-order valence-electron chi connectivity index (χ3n) is 2.62. The summed E-state index contributed by atoms with van der Waals surface area (Å²) in [5.41, 5.74) is 0.274. The first-order valence-electron chi connectivity index (χ1n) is 9.61. The molecule has 0 saturated carbocycles. The zero-order valence-corrected chi connectivity index (χ0v) is 13.5. The van der Waals surface area contributed by atoms with E-state index in [4.69, 9.17) is 25.2 Å². The first-order chi connectivity index (χ1) is 12.3. The van der Waals surface area contributed by atoms with Crippen molar-refractivity contribution in [2.45, 2.75) is 6.54 Å². The largest absolute Gasteiger partial charge is 0.493 e. The van der Waals surface area contributed by atoms with Crippen LogP contribution in [0.3, 0.4) is 0 Å². The Kier molecular flexibility index (Phi) is 4.74. The van der Waals surface area contributed by atoms with E-state index in [0.717, 1.165) is 0 Å². The highest BCUT2D eigenvalue weighted by atomic mass is 35.5. The topological polar surface area (TPSA) is 43.0 Å². The number of hydrogen-bond acceptors (Lipinski definition) is 5. The summed E-state index contributed by atoms with van der Waals surface area (Å²) in [6, 6.07) is 3.02. The van der Waals surface area contributed by atoms with Crippen LogP contribution in [0.1, 0.15) is 16.5 Å². The summed E-state index contributed by atoms with van der Waals surface area (Å²) in [7, 11) is 4.15. The van der Waals surface area contributed by atoms with Gasteiger partial charge < -0.3 is 19.5 Å². The Bertz CT molecular complexity index is 698. The van der Waals surface area contributed by atoms with Crippen LogP contribution >= 0.6 is 24.8 Å². The quantitative estimate of drug-likeness (QED) is 0.882. The fraction of sp³-hybridized carbons (Fsp3) is 0.571. The van der Waals surface area contributed by atoms with Gasteiger partial charge in [0.2, 0.25) is 5.75 Å².